The second kappa shape index (κ2) is 6.47. The van der Waals surface area contributed by atoms with Gasteiger partial charge in [0.25, 0.3) is 0 Å². The summed E-state index contributed by atoms with van der Waals surface area (Å²) in [5.41, 5.74) is 2.47. The van der Waals surface area contributed by atoms with Crippen LogP contribution in [0.25, 0.3) is 0 Å². The van der Waals surface area contributed by atoms with Gasteiger partial charge in [-0.05, 0) is 17.5 Å². The van der Waals surface area contributed by atoms with Crippen LogP contribution in [0.15, 0.2) is 36.9 Å². The molecule has 0 saturated heterocycles. The predicted octanol–water partition coefficient (Wildman–Crippen LogP) is 2.04. The Morgan fingerprint density at radius 3 is 3.17 bits per heavy atom. The number of ether oxygens (including phenoxy) is 1. The first-order chi connectivity index (χ1) is 8.81. The van der Waals surface area contributed by atoms with E-state index in [1.54, 1.807) is 6.08 Å². The van der Waals surface area contributed by atoms with Crippen LogP contribution in [0.4, 0.5) is 0 Å². The first-order valence-electron chi connectivity index (χ1n) is 6.34. The fraction of sp³-hybridized carbons (Fsp3) is 0.400. The molecule has 18 heavy (non-hydrogen) atoms. The van der Waals surface area contributed by atoms with Crippen LogP contribution in [-0.4, -0.2) is 25.5 Å². The number of benzene rings is 1. The maximum atomic E-state index is 11.8. The monoisotopic (exact) mass is 245 g/mol. The quantitative estimate of drug-likeness (QED) is 0.615. The maximum absolute atomic E-state index is 11.8. The fourth-order valence-corrected chi connectivity index (χ4v) is 2.24. The van der Waals surface area contributed by atoms with Crippen LogP contribution in [0.5, 0.6) is 0 Å². The zero-order valence-electron chi connectivity index (χ0n) is 10.5. The minimum Gasteiger partial charge on any atom is -0.373 e. The van der Waals surface area contributed by atoms with Crippen molar-refractivity contribution in [3.8, 4) is 0 Å². The number of carbonyl (C=O) groups is 1. The molecule has 0 aromatic heterocycles. The molecule has 0 saturated carbocycles. The highest BCUT2D eigenvalue weighted by Crippen LogP contribution is 2.29. The van der Waals surface area contributed by atoms with Gasteiger partial charge in [0.05, 0.1) is 19.3 Å². The average Bonchev–Trinajstić information content (AvgIpc) is 2.39. The van der Waals surface area contributed by atoms with Crippen molar-refractivity contribution in [3.05, 3.63) is 48.0 Å². The molecule has 1 heterocycles. The van der Waals surface area contributed by atoms with Gasteiger partial charge in [0.15, 0.2) is 0 Å². The van der Waals surface area contributed by atoms with E-state index in [2.05, 4.69) is 24.0 Å². The van der Waals surface area contributed by atoms with E-state index >= 15 is 0 Å². The normalized spacial score (nSPS) is 18.1. The van der Waals surface area contributed by atoms with E-state index in [1.807, 2.05) is 12.1 Å². The third-order valence-electron chi connectivity index (χ3n) is 3.12. The molecule has 1 aliphatic heterocycles. The summed E-state index contributed by atoms with van der Waals surface area (Å²) in [6, 6.07) is 8.21. The Balaban J connectivity index is 1.94. The lowest BCUT2D eigenvalue weighted by Crippen LogP contribution is -2.26. The molecule has 0 fully saturated rings. The Labute approximate surface area is 108 Å². The van der Waals surface area contributed by atoms with Crippen molar-refractivity contribution in [3.63, 3.8) is 0 Å². The van der Waals surface area contributed by atoms with E-state index in [9.17, 15) is 4.79 Å². The summed E-state index contributed by atoms with van der Waals surface area (Å²) in [5.74, 6) is 0.179. The van der Waals surface area contributed by atoms with E-state index in [4.69, 9.17) is 4.74 Å². The van der Waals surface area contributed by atoms with Crippen molar-refractivity contribution < 1.29 is 9.53 Å². The Kier molecular flexibility index (Phi) is 4.67. The van der Waals surface area contributed by atoms with Gasteiger partial charge in [0.1, 0.15) is 5.78 Å². The molecule has 1 N–H and O–H groups in total. The number of nitrogens with one attached hydrogen (secondary N) is 1. The Hall–Kier alpha value is -1.45. The molecule has 2 rings (SSSR count). The molecule has 0 radical (unpaired) electrons. The highest BCUT2D eigenvalue weighted by Gasteiger charge is 2.22. The zero-order valence-corrected chi connectivity index (χ0v) is 10.5. The number of hydrogen-bond donors (Lipinski definition) is 1. The molecular weight excluding hydrogens is 226 g/mol. The lowest BCUT2D eigenvalue weighted by Gasteiger charge is -2.25. The van der Waals surface area contributed by atoms with Gasteiger partial charge in [-0.2, -0.15) is 0 Å². The van der Waals surface area contributed by atoms with Crippen molar-refractivity contribution in [2.75, 3.05) is 19.7 Å². The highest BCUT2D eigenvalue weighted by atomic mass is 16.5. The second-order valence-electron chi connectivity index (χ2n) is 4.47. The standard InChI is InChI=1S/C15H19NO2/c1-2-8-16-11-13(17)10-15-14-6-4-3-5-12(14)7-9-18-15/h2-6,15-16H,1,7-11H2. The van der Waals surface area contributed by atoms with E-state index in [-0.39, 0.29) is 11.9 Å². The Morgan fingerprint density at radius 2 is 2.33 bits per heavy atom. The first-order valence-corrected chi connectivity index (χ1v) is 6.34. The molecule has 0 spiro atoms. The van der Waals surface area contributed by atoms with Crippen LogP contribution in [0.3, 0.4) is 0 Å². The molecule has 96 valence electrons. The molecule has 0 amide bonds. The summed E-state index contributed by atoms with van der Waals surface area (Å²) in [6.07, 6.45) is 3.06. The number of Topliss-reactive ketones (excluding diaryl/α,β-unsaturated/α-hetero) is 1. The van der Waals surface area contributed by atoms with Crippen LogP contribution in [0, 0.1) is 0 Å². The maximum Gasteiger partial charge on any atom is 0.149 e. The molecule has 1 aromatic carbocycles. The average molecular weight is 245 g/mol. The van der Waals surface area contributed by atoms with Crippen molar-refractivity contribution in [2.45, 2.75) is 18.9 Å². The smallest absolute Gasteiger partial charge is 0.149 e. The van der Waals surface area contributed by atoms with Crippen LogP contribution in [0.1, 0.15) is 23.7 Å². The summed E-state index contributed by atoms with van der Waals surface area (Å²) in [6.45, 7) is 5.35. The van der Waals surface area contributed by atoms with Gasteiger partial charge >= 0.3 is 0 Å². The van der Waals surface area contributed by atoms with Gasteiger partial charge in [0, 0.05) is 13.0 Å². The summed E-state index contributed by atoms with van der Waals surface area (Å²) in [5, 5.41) is 3.03. The first kappa shape index (κ1) is 13.0. The molecule has 3 heteroatoms. The lowest BCUT2D eigenvalue weighted by molar-refractivity contribution is -0.121. The van der Waals surface area contributed by atoms with Gasteiger partial charge in [0.2, 0.25) is 0 Å². The SMILES string of the molecule is C=CCNCC(=O)CC1OCCc2ccccc21. The van der Waals surface area contributed by atoms with E-state index in [0.717, 1.165) is 6.42 Å². The summed E-state index contributed by atoms with van der Waals surface area (Å²) >= 11 is 0. The number of fused-ring (bicyclic) bond motifs is 1. The van der Waals surface area contributed by atoms with Crippen molar-refractivity contribution >= 4 is 5.78 Å². The molecule has 0 bridgehead atoms. The van der Waals surface area contributed by atoms with Crippen molar-refractivity contribution in [2.24, 2.45) is 0 Å². The van der Waals surface area contributed by atoms with Gasteiger partial charge in [-0.25, -0.2) is 0 Å². The third-order valence-corrected chi connectivity index (χ3v) is 3.12. The van der Waals surface area contributed by atoms with Crippen LogP contribution < -0.4 is 5.32 Å². The molecular formula is C15H19NO2. The number of carbonyl (C=O) groups excluding carboxylic acids is 1. The molecule has 1 atom stereocenters. The molecule has 0 aliphatic carbocycles. The number of hydrogen-bond acceptors (Lipinski definition) is 3. The van der Waals surface area contributed by atoms with Gasteiger partial charge < -0.3 is 10.1 Å². The fourth-order valence-electron chi connectivity index (χ4n) is 2.24. The minimum absolute atomic E-state index is 0.0759. The largest absolute Gasteiger partial charge is 0.373 e. The van der Waals surface area contributed by atoms with Crippen LogP contribution in [0.2, 0.25) is 0 Å². The van der Waals surface area contributed by atoms with Crippen molar-refractivity contribution in [1.82, 2.24) is 5.32 Å². The number of ketones is 1. The molecule has 1 aliphatic rings. The van der Waals surface area contributed by atoms with E-state index in [0.29, 0.717) is 26.1 Å². The summed E-state index contributed by atoms with van der Waals surface area (Å²) in [4.78, 5) is 11.8. The third kappa shape index (κ3) is 3.28. The van der Waals surface area contributed by atoms with Gasteiger partial charge in [-0.1, -0.05) is 30.3 Å². The minimum atomic E-state index is -0.0759. The van der Waals surface area contributed by atoms with Crippen LogP contribution in [-0.2, 0) is 16.0 Å². The van der Waals surface area contributed by atoms with Crippen LogP contribution >= 0.6 is 0 Å². The van der Waals surface area contributed by atoms with E-state index < -0.39 is 0 Å². The van der Waals surface area contributed by atoms with E-state index in [1.165, 1.54) is 11.1 Å². The molecule has 3 nitrogen and oxygen atoms in total. The Bertz CT molecular complexity index is 428. The second-order valence-corrected chi connectivity index (χ2v) is 4.47. The lowest BCUT2D eigenvalue weighted by atomic mass is 9.95. The van der Waals surface area contributed by atoms with Crippen molar-refractivity contribution in [1.29, 1.82) is 0 Å². The van der Waals surface area contributed by atoms with Gasteiger partial charge in [-0.15, -0.1) is 6.58 Å². The van der Waals surface area contributed by atoms with Gasteiger partial charge in [-0.3, -0.25) is 4.79 Å². The highest BCUT2D eigenvalue weighted by molar-refractivity contribution is 5.81. The Morgan fingerprint density at radius 1 is 1.50 bits per heavy atom. The topological polar surface area (TPSA) is 38.3 Å². The molecule has 1 unspecified atom stereocenters. The summed E-state index contributed by atoms with van der Waals surface area (Å²) in [7, 11) is 0. The predicted molar refractivity (Wildman–Crippen MR) is 71.5 cm³/mol. The summed E-state index contributed by atoms with van der Waals surface area (Å²) < 4.78 is 5.71. The number of rotatable bonds is 6. The zero-order chi connectivity index (χ0) is 12.8. The molecule has 1 aromatic rings.